The molecule has 1 fully saturated rings. The van der Waals surface area contributed by atoms with Crippen molar-refractivity contribution in [2.45, 2.75) is 32.6 Å². The first-order valence-corrected chi connectivity index (χ1v) is 11.5. The molecule has 1 aliphatic heterocycles. The number of ether oxygens (including phenoxy) is 2. The first-order valence-electron chi connectivity index (χ1n) is 11.1. The molecule has 0 spiro atoms. The number of carbonyl (C=O) groups is 2. The Hall–Kier alpha value is -3.19. The van der Waals surface area contributed by atoms with E-state index in [0.29, 0.717) is 39.9 Å². The number of rotatable bonds is 9. The van der Waals surface area contributed by atoms with Gasteiger partial charge in [-0.05, 0) is 67.7 Å². The van der Waals surface area contributed by atoms with E-state index in [4.69, 9.17) is 26.8 Å². The summed E-state index contributed by atoms with van der Waals surface area (Å²) in [5, 5.41) is 3.30. The summed E-state index contributed by atoms with van der Waals surface area (Å²) >= 11 is 6.36. The fourth-order valence-corrected chi connectivity index (χ4v) is 4.00. The maximum Gasteiger partial charge on any atom is 0.248 e. The van der Waals surface area contributed by atoms with Crippen LogP contribution in [0.15, 0.2) is 36.4 Å². The number of benzene rings is 2. The van der Waals surface area contributed by atoms with Crippen molar-refractivity contribution in [1.82, 2.24) is 0 Å². The highest BCUT2D eigenvalue weighted by molar-refractivity contribution is 6.32. The molecule has 0 atom stereocenters. The first-order chi connectivity index (χ1) is 15.9. The van der Waals surface area contributed by atoms with Crippen LogP contribution in [0.25, 0.3) is 6.08 Å². The summed E-state index contributed by atoms with van der Waals surface area (Å²) in [6.07, 6.45) is 7.27. The number of nitrogens with one attached hydrogen (secondary N) is 1. The first kappa shape index (κ1) is 24.5. The molecule has 1 aliphatic rings. The molecule has 0 bridgehead atoms. The Kier molecular flexibility index (Phi) is 8.60. The smallest absolute Gasteiger partial charge is 0.248 e. The highest BCUT2D eigenvalue weighted by Crippen LogP contribution is 2.37. The number of carbonyl (C=O) groups excluding carboxylic acids is 2. The minimum atomic E-state index is -0.543. The zero-order chi connectivity index (χ0) is 23.8. The Morgan fingerprint density at radius 1 is 1.18 bits per heavy atom. The molecule has 0 aliphatic carbocycles. The third-order valence-corrected chi connectivity index (χ3v) is 5.65. The van der Waals surface area contributed by atoms with Crippen LogP contribution in [0, 0.1) is 0 Å². The van der Waals surface area contributed by atoms with E-state index in [2.05, 4.69) is 10.2 Å². The summed E-state index contributed by atoms with van der Waals surface area (Å²) in [6, 6.07) is 8.62. The quantitative estimate of drug-likeness (QED) is 0.508. The van der Waals surface area contributed by atoms with Gasteiger partial charge in [0, 0.05) is 24.7 Å². The van der Waals surface area contributed by atoms with Crippen molar-refractivity contribution in [2.24, 2.45) is 5.73 Å². The van der Waals surface area contributed by atoms with E-state index in [1.807, 2.05) is 13.0 Å². The number of hydrogen-bond donors (Lipinski definition) is 2. The van der Waals surface area contributed by atoms with Gasteiger partial charge in [-0.15, -0.1) is 0 Å². The number of halogens is 1. The third-order valence-electron chi connectivity index (χ3n) is 5.37. The molecule has 7 nitrogen and oxygen atoms in total. The lowest BCUT2D eigenvalue weighted by Gasteiger charge is -2.30. The molecule has 2 aromatic rings. The van der Waals surface area contributed by atoms with E-state index in [1.165, 1.54) is 12.5 Å². The van der Waals surface area contributed by atoms with E-state index in [9.17, 15) is 9.59 Å². The molecule has 0 saturated carbocycles. The Morgan fingerprint density at radius 3 is 2.61 bits per heavy atom. The Labute approximate surface area is 199 Å². The van der Waals surface area contributed by atoms with Crippen LogP contribution in [0.5, 0.6) is 11.5 Å². The molecule has 0 radical (unpaired) electrons. The van der Waals surface area contributed by atoms with E-state index in [0.717, 1.165) is 38.0 Å². The number of methoxy groups -OCH3 is 1. The summed E-state index contributed by atoms with van der Waals surface area (Å²) in [5.74, 6) is 0.101. The second-order valence-corrected chi connectivity index (χ2v) is 8.26. The summed E-state index contributed by atoms with van der Waals surface area (Å²) in [7, 11) is 1.54. The maximum atomic E-state index is 12.7. The predicted molar refractivity (Wildman–Crippen MR) is 132 cm³/mol. The summed E-state index contributed by atoms with van der Waals surface area (Å²) in [4.78, 5) is 26.6. The van der Waals surface area contributed by atoms with Crippen molar-refractivity contribution >= 4 is 40.9 Å². The van der Waals surface area contributed by atoms with Gasteiger partial charge in [0.2, 0.25) is 11.8 Å². The lowest BCUT2D eigenvalue weighted by Crippen LogP contribution is -2.30. The van der Waals surface area contributed by atoms with Crippen LogP contribution >= 0.6 is 11.6 Å². The van der Waals surface area contributed by atoms with Crippen molar-refractivity contribution in [3.05, 3.63) is 52.6 Å². The lowest BCUT2D eigenvalue weighted by molar-refractivity contribution is -0.111. The molecule has 0 unspecified atom stereocenters. The van der Waals surface area contributed by atoms with Gasteiger partial charge in [-0.2, -0.15) is 0 Å². The fourth-order valence-electron chi connectivity index (χ4n) is 3.73. The van der Waals surface area contributed by atoms with Gasteiger partial charge in [0.1, 0.15) is 0 Å². The van der Waals surface area contributed by atoms with Crippen LogP contribution in [0.2, 0.25) is 5.02 Å². The number of piperidine rings is 1. The summed E-state index contributed by atoms with van der Waals surface area (Å²) < 4.78 is 11.1. The lowest BCUT2D eigenvalue weighted by atomic mass is 10.1. The zero-order valence-corrected chi connectivity index (χ0v) is 19.8. The topological polar surface area (TPSA) is 93.9 Å². The molecule has 33 heavy (non-hydrogen) atoms. The molecule has 3 rings (SSSR count). The van der Waals surface area contributed by atoms with Gasteiger partial charge >= 0.3 is 0 Å². The molecule has 3 N–H and O–H groups in total. The van der Waals surface area contributed by atoms with Crippen molar-refractivity contribution in [3.63, 3.8) is 0 Å². The van der Waals surface area contributed by atoms with E-state index < -0.39 is 5.91 Å². The average molecular weight is 472 g/mol. The number of nitrogens with zero attached hydrogens (tertiary/aromatic N) is 1. The van der Waals surface area contributed by atoms with E-state index >= 15 is 0 Å². The Bertz CT molecular complexity index is 1030. The normalized spacial score (nSPS) is 13.7. The highest BCUT2D eigenvalue weighted by Gasteiger charge is 2.17. The maximum absolute atomic E-state index is 12.7. The van der Waals surface area contributed by atoms with Crippen LogP contribution in [-0.4, -0.2) is 38.6 Å². The number of amides is 2. The number of hydrogen-bond acceptors (Lipinski definition) is 5. The van der Waals surface area contributed by atoms with Gasteiger partial charge < -0.3 is 25.4 Å². The second-order valence-electron chi connectivity index (χ2n) is 7.85. The molecule has 176 valence electrons. The summed E-state index contributed by atoms with van der Waals surface area (Å²) in [5.41, 5.74) is 7.92. The highest BCUT2D eigenvalue weighted by atomic mass is 35.5. The second kappa shape index (κ2) is 11.6. The van der Waals surface area contributed by atoms with Crippen LogP contribution in [-0.2, 0) is 4.79 Å². The van der Waals surface area contributed by atoms with Gasteiger partial charge in [-0.3, -0.25) is 9.59 Å². The number of anilines is 2. The van der Waals surface area contributed by atoms with Gasteiger partial charge in [-0.1, -0.05) is 18.5 Å². The van der Waals surface area contributed by atoms with Gasteiger partial charge in [0.15, 0.2) is 11.5 Å². The van der Waals surface area contributed by atoms with Crippen molar-refractivity contribution in [2.75, 3.05) is 37.0 Å². The van der Waals surface area contributed by atoms with Crippen LogP contribution in [0.4, 0.5) is 11.4 Å². The fraction of sp³-hybridized carbons (Fsp3) is 0.360. The van der Waals surface area contributed by atoms with Crippen LogP contribution in [0.1, 0.15) is 48.5 Å². The monoisotopic (exact) mass is 471 g/mol. The summed E-state index contributed by atoms with van der Waals surface area (Å²) in [6.45, 7) is 4.34. The molecule has 1 saturated heterocycles. The van der Waals surface area contributed by atoms with Gasteiger partial charge in [0.25, 0.3) is 0 Å². The molecule has 0 aromatic heterocycles. The zero-order valence-electron chi connectivity index (χ0n) is 19.0. The van der Waals surface area contributed by atoms with E-state index in [1.54, 1.807) is 37.5 Å². The number of primary amides is 1. The molecule has 2 amide bonds. The molecule has 8 heteroatoms. The molecular formula is C25H30ClN3O4. The largest absolute Gasteiger partial charge is 0.493 e. The number of nitrogens with two attached hydrogens (primary N) is 1. The minimum Gasteiger partial charge on any atom is -0.493 e. The predicted octanol–water partition coefficient (Wildman–Crippen LogP) is 4.88. The molecule has 2 aromatic carbocycles. The van der Waals surface area contributed by atoms with Crippen LogP contribution in [0.3, 0.4) is 0 Å². The average Bonchev–Trinajstić information content (AvgIpc) is 2.82. The van der Waals surface area contributed by atoms with Crippen molar-refractivity contribution < 1.29 is 19.1 Å². The van der Waals surface area contributed by atoms with Crippen LogP contribution < -0.4 is 25.4 Å². The van der Waals surface area contributed by atoms with Crippen molar-refractivity contribution in [1.29, 1.82) is 0 Å². The Balaban J connectivity index is 1.80. The minimum absolute atomic E-state index is 0.337. The van der Waals surface area contributed by atoms with E-state index in [-0.39, 0.29) is 5.91 Å². The molecular weight excluding hydrogens is 442 g/mol. The molecule has 1 heterocycles. The Morgan fingerprint density at radius 2 is 1.94 bits per heavy atom. The SMILES string of the molecule is CCCOc1c(Cl)cc(/C=C\C(=O)Nc2cc(C(N)=O)ccc2N2CCCCC2)cc1OC. The van der Waals surface area contributed by atoms with Gasteiger partial charge in [0.05, 0.1) is 30.1 Å². The van der Waals surface area contributed by atoms with Crippen molar-refractivity contribution in [3.8, 4) is 11.5 Å². The standard InChI is InChI=1S/C25H30ClN3O4/c1-3-13-33-24-19(26)14-17(15-22(24)32-2)7-10-23(30)28-20-16-18(25(27)31)8-9-21(20)29-11-5-4-6-12-29/h7-10,14-16H,3-6,11-13H2,1-2H3,(H2,27,31)(H,28,30)/b10-7-. The third kappa shape index (κ3) is 6.42. The van der Waals surface area contributed by atoms with Gasteiger partial charge in [-0.25, -0.2) is 0 Å².